The second-order valence-corrected chi connectivity index (χ2v) is 6.10. The van der Waals surface area contributed by atoms with E-state index in [1.807, 2.05) is 0 Å². The molecule has 0 bridgehead atoms. The lowest BCUT2D eigenvalue weighted by molar-refractivity contribution is -0.141. The van der Waals surface area contributed by atoms with Crippen LogP contribution < -0.4 is 0 Å². The van der Waals surface area contributed by atoms with Crippen LogP contribution in [0, 0.1) is 18.8 Å². The maximum atomic E-state index is 12.5. The molecule has 2 aromatic heterocycles. The Morgan fingerprint density at radius 3 is 2.46 bits per heavy atom. The lowest BCUT2D eigenvalue weighted by Gasteiger charge is -2.09. The molecule has 0 aliphatic carbocycles. The summed E-state index contributed by atoms with van der Waals surface area (Å²) in [6, 6.07) is 2.26. The molecule has 0 fully saturated rings. The minimum atomic E-state index is -4.47. The van der Waals surface area contributed by atoms with E-state index in [2.05, 4.69) is 21.8 Å². The number of aromatic nitrogens is 3. The van der Waals surface area contributed by atoms with Crippen molar-refractivity contribution in [2.45, 2.75) is 39.1 Å². The van der Waals surface area contributed by atoms with Crippen LogP contribution in [0.2, 0.25) is 5.28 Å². The lowest BCUT2D eigenvalue weighted by atomic mass is 10.1. The van der Waals surface area contributed by atoms with Crippen LogP contribution in [0.25, 0.3) is 0 Å². The van der Waals surface area contributed by atoms with Gasteiger partial charge in [-0.25, -0.2) is 4.98 Å². The molecular formula is C16H15ClF3N3O. The maximum absolute atomic E-state index is 12.5. The van der Waals surface area contributed by atoms with E-state index in [0.717, 1.165) is 12.3 Å². The van der Waals surface area contributed by atoms with Gasteiger partial charge in [-0.3, -0.25) is 4.98 Å². The summed E-state index contributed by atoms with van der Waals surface area (Å²) < 4.78 is 39.2. The Balaban J connectivity index is 2.27. The normalized spacial score (nSPS) is 12.0. The van der Waals surface area contributed by atoms with Gasteiger partial charge in [0.1, 0.15) is 17.0 Å². The zero-order chi connectivity index (χ0) is 18.1. The number of alkyl halides is 3. The first-order chi connectivity index (χ1) is 11.0. The highest BCUT2D eigenvalue weighted by Gasteiger charge is 2.32. The molecule has 0 radical (unpaired) electrons. The van der Waals surface area contributed by atoms with E-state index in [1.54, 1.807) is 25.3 Å². The van der Waals surface area contributed by atoms with Crippen molar-refractivity contribution in [3.8, 4) is 11.8 Å². The second-order valence-electron chi connectivity index (χ2n) is 5.76. The number of pyridine rings is 1. The molecule has 1 N–H and O–H groups in total. The molecule has 128 valence electrons. The second kappa shape index (κ2) is 6.46. The van der Waals surface area contributed by atoms with E-state index < -0.39 is 17.5 Å². The summed E-state index contributed by atoms with van der Waals surface area (Å²) in [4.78, 5) is 7.53. The molecule has 0 amide bonds. The minimum Gasteiger partial charge on any atom is -0.378 e. The predicted octanol–water partition coefficient (Wildman–Crippen LogP) is 3.43. The minimum absolute atomic E-state index is 0.160. The van der Waals surface area contributed by atoms with Gasteiger partial charge in [0.2, 0.25) is 5.28 Å². The van der Waals surface area contributed by atoms with Gasteiger partial charge in [0, 0.05) is 6.20 Å². The first kappa shape index (κ1) is 18.3. The summed E-state index contributed by atoms with van der Waals surface area (Å²) in [6.07, 6.45) is -3.32. The van der Waals surface area contributed by atoms with Gasteiger partial charge in [0.05, 0.1) is 12.2 Å². The van der Waals surface area contributed by atoms with E-state index in [1.165, 1.54) is 6.07 Å². The molecule has 0 atom stereocenters. The van der Waals surface area contributed by atoms with Crippen LogP contribution in [0.1, 0.15) is 36.5 Å². The average Bonchev–Trinajstić information content (AvgIpc) is 2.72. The number of rotatable bonds is 2. The molecule has 2 aromatic rings. The summed E-state index contributed by atoms with van der Waals surface area (Å²) in [5.41, 5.74) is -0.512. The van der Waals surface area contributed by atoms with E-state index in [4.69, 9.17) is 11.6 Å². The Bertz CT molecular complexity index is 793. The number of nitrogens with zero attached hydrogens (tertiary/aromatic N) is 3. The van der Waals surface area contributed by atoms with Crippen molar-refractivity contribution in [2.24, 2.45) is 0 Å². The smallest absolute Gasteiger partial charge is 0.378 e. The Labute approximate surface area is 142 Å². The fraction of sp³-hybridized carbons (Fsp3) is 0.375. The molecule has 0 spiro atoms. The Morgan fingerprint density at radius 2 is 1.96 bits per heavy atom. The summed E-state index contributed by atoms with van der Waals surface area (Å²) >= 11 is 6.08. The summed E-state index contributed by atoms with van der Waals surface area (Å²) in [5.74, 6) is 5.39. The number of imidazole rings is 1. The predicted molar refractivity (Wildman–Crippen MR) is 83.5 cm³/mol. The first-order valence-corrected chi connectivity index (χ1v) is 7.35. The molecule has 0 aliphatic rings. The summed E-state index contributed by atoms with van der Waals surface area (Å²) in [7, 11) is 0. The number of hydrogen-bond donors (Lipinski definition) is 1. The van der Waals surface area contributed by atoms with Crippen LogP contribution in [0.4, 0.5) is 13.2 Å². The lowest BCUT2D eigenvalue weighted by Crippen LogP contribution is -2.14. The third kappa shape index (κ3) is 4.49. The van der Waals surface area contributed by atoms with Gasteiger partial charge in [-0.1, -0.05) is 12.0 Å². The quantitative estimate of drug-likeness (QED) is 0.838. The van der Waals surface area contributed by atoms with Gasteiger partial charge in [-0.15, -0.1) is 0 Å². The number of hydrogen-bond acceptors (Lipinski definition) is 3. The molecule has 0 aliphatic heterocycles. The fourth-order valence-corrected chi connectivity index (χ4v) is 2.15. The highest BCUT2D eigenvalue weighted by molar-refractivity contribution is 6.28. The summed E-state index contributed by atoms with van der Waals surface area (Å²) in [5, 5.41) is 9.79. The van der Waals surface area contributed by atoms with Crippen molar-refractivity contribution < 1.29 is 18.3 Å². The van der Waals surface area contributed by atoms with E-state index in [-0.39, 0.29) is 11.8 Å². The fourth-order valence-electron chi connectivity index (χ4n) is 1.88. The molecule has 0 saturated carbocycles. The zero-order valence-corrected chi connectivity index (χ0v) is 14.0. The van der Waals surface area contributed by atoms with Gasteiger partial charge in [-0.05, 0) is 49.9 Å². The van der Waals surface area contributed by atoms with E-state index in [0.29, 0.717) is 17.0 Å². The SMILES string of the molecule is Cc1c(C#CC(C)(C)O)nc(Cl)n1Cc1ccc(C(F)(F)F)nc1. The van der Waals surface area contributed by atoms with Crippen molar-refractivity contribution in [3.05, 3.63) is 46.3 Å². The van der Waals surface area contributed by atoms with Gasteiger partial charge in [0.25, 0.3) is 0 Å². The van der Waals surface area contributed by atoms with E-state index in [9.17, 15) is 18.3 Å². The molecule has 4 nitrogen and oxygen atoms in total. The molecule has 0 unspecified atom stereocenters. The monoisotopic (exact) mass is 357 g/mol. The van der Waals surface area contributed by atoms with Crippen molar-refractivity contribution in [1.29, 1.82) is 0 Å². The van der Waals surface area contributed by atoms with Crippen LogP contribution >= 0.6 is 11.6 Å². The van der Waals surface area contributed by atoms with Crippen molar-refractivity contribution in [2.75, 3.05) is 0 Å². The summed E-state index contributed by atoms with van der Waals surface area (Å²) in [6.45, 7) is 5.04. The topological polar surface area (TPSA) is 50.9 Å². The molecule has 0 saturated heterocycles. The van der Waals surface area contributed by atoms with Crippen LogP contribution in [0.3, 0.4) is 0 Å². The van der Waals surface area contributed by atoms with Crippen molar-refractivity contribution >= 4 is 11.6 Å². The van der Waals surface area contributed by atoms with Gasteiger partial charge in [-0.2, -0.15) is 13.2 Å². The molecular weight excluding hydrogens is 343 g/mol. The molecule has 24 heavy (non-hydrogen) atoms. The van der Waals surface area contributed by atoms with Gasteiger partial charge in [0.15, 0.2) is 0 Å². The third-order valence-corrected chi connectivity index (χ3v) is 3.41. The largest absolute Gasteiger partial charge is 0.433 e. The van der Waals surface area contributed by atoms with Crippen LogP contribution in [-0.4, -0.2) is 25.2 Å². The van der Waals surface area contributed by atoms with Crippen LogP contribution in [0.15, 0.2) is 18.3 Å². The third-order valence-electron chi connectivity index (χ3n) is 3.12. The molecule has 0 aromatic carbocycles. The van der Waals surface area contributed by atoms with Crippen molar-refractivity contribution in [3.63, 3.8) is 0 Å². The Kier molecular flexibility index (Phi) is 4.92. The number of halogens is 4. The maximum Gasteiger partial charge on any atom is 0.433 e. The van der Waals surface area contributed by atoms with Crippen molar-refractivity contribution in [1.82, 2.24) is 14.5 Å². The first-order valence-electron chi connectivity index (χ1n) is 6.97. The highest BCUT2D eigenvalue weighted by Crippen LogP contribution is 2.27. The van der Waals surface area contributed by atoms with E-state index >= 15 is 0 Å². The standard InChI is InChI=1S/C16H15ClF3N3O/c1-10-12(6-7-15(2,3)24)22-14(17)23(10)9-11-4-5-13(21-8-11)16(18,19)20/h4-5,8,24H,9H2,1-3H3. The van der Waals surface area contributed by atoms with Gasteiger partial charge >= 0.3 is 6.18 Å². The molecule has 2 rings (SSSR count). The highest BCUT2D eigenvalue weighted by atomic mass is 35.5. The average molecular weight is 358 g/mol. The number of aliphatic hydroxyl groups is 1. The molecule has 2 heterocycles. The van der Waals surface area contributed by atoms with Crippen LogP contribution in [0.5, 0.6) is 0 Å². The molecule has 8 heteroatoms. The Hall–Kier alpha value is -2.04. The Morgan fingerprint density at radius 1 is 1.29 bits per heavy atom. The zero-order valence-electron chi connectivity index (χ0n) is 13.2. The van der Waals surface area contributed by atoms with Gasteiger partial charge < -0.3 is 9.67 Å². The van der Waals surface area contributed by atoms with Crippen LogP contribution in [-0.2, 0) is 12.7 Å².